The van der Waals surface area contributed by atoms with Crippen molar-refractivity contribution < 1.29 is 0 Å². The predicted octanol–water partition coefficient (Wildman–Crippen LogP) is 2.36. The summed E-state index contributed by atoms with van der Waals surface area (Å²) >= 11 is 5.05. The van der Waals surface area contributed by atoms with Crippen molar-refractivity contribution in [2.24, 2.45) is 12.8 Å². The van der Waals surface area contributed by atoms with Crippen LogP contribution in [0, 0.1) is 0 Å². The molecule has 0 aliphatic rings. The van der Waals surface area contributed by atoms with Crippen molar-refractivity contribution in [3.05, 3.63) is 41.7 Å². The van der Waals surface area contributed by atoms with E-state index in [-0.39, 0.29) is 0 Å². The molecule has 0 spiro atoms. The molecule has 3 N–H and O–H groups in total. The normalized spacial score (nSPS) is 10.3. The Morgan fingerprint density at radius 1 is 1.39 bits per heavy atom. The average Bonchev–Trinajstić information content (AvgIpc) is 2.70. The molecule has 4 nitrogen and oxygen atoms in total. The van der Waals surface area contributed by atoms with E-state index in [1.807, 2.05) is 37.5 Å². The molecule has 0 saturated carbocycles. The van der Waals surface area contributed by atoms with Gasteiger partial charge in [0.25, 0.3) is 0 Å². The SMILES string of the molecule is CCc1nn(C)cc1Nc1ccccc1C(N)=S. The van der Waals surface area contributed by atoms with Crippen LogP contribution in [0.4, 0.5) is 11.4 Å². The molecule has 1 aromatic carbocycles. The van der Waals surface area contributed by atoms with Crippen LogP contribution in [-0.2, 0) is 13.5 Å². The topological polar surface area (TPSA) is 55.9 Å². The van der Waals surface area contributed by atoms with Gasteiger partial charge in [-0.05, 0) is 18.6 Å². The maximum absolute atomic E-state index is 5.71. The highest BCUT2D eigenvalue weighted by molar-refractivity contribution is 7.80. The number of para-hydroxylation sites is 1. The lowest BCUT2D eigenvalue weighted by Crippen LogP contribution is -2.11. The molecule has 2 aromatic rings. The number of anilines is 2. The quantitative estimate of drug-likeness (QED) is 0.829. The van der Waals surface area contributed by atoms with Gasteiger partial charge in [-0.1, -0.05) is 31.3 Å². The lowest BCUT2D eigenvalue weighted by atomic mass is 10.1. The maximum Gasteiger partial charge on any atom is 0.106 e. The number of nitrogens with zero attached hydrogens (tertiary/aromatic N) is 2. The molecule has 1 heterocycles. The summed E-state index contributed by atoms with van der Waals surface area (Å²) in [6, 6.07) is 7.74. The van der Waals surface area contributed by atoms with Gasteiger partial charge in [0.05, 0.1) is 11.4 Å². The lowest BCUT2D eigenvalue weighted by Gasteiger charge is -2.10. The third-order valence-corrected chi connectivity index (χ3v) is 2.92. The third kappa shape index (κ3) is 2.51. The fraction of sp³-hybridized carbons (Fsp3) is 0.231. The van der Waals surface area contributed by atoms with E-state index >= 15 is 0 Å². The number of aryl methyl sites for hydroxylation is 2. The van der Waals surface area contributed by atoms with Gasteiger partial charge in [-0.15, -0.1) is 0 Å². The molecule has 2 rings (SSSR count). The second kappa shape index (κ2) is 5.18. The van der Waals surface area contributed by atoms with Crippen molar-refractivity contribution in [2.45, 2.75) is 13.3 Å². The monoisotopic (exact) mass is 260 g/mol. The van der Waals surface area contributed by atoms with E-state index in [4.69, 9.17) is 18.0 Å². The van der Waals surface area contributed by atoms with E-state index in [1.54, 1.807) is 4.68 Å². The fourth-order valence-corrected chi connectivity index (χ4v) is 2.03. The van der Waals surface area contributed by atoms with E-state index in [9.17, 15) is 0 Å². The summed E-state index contributed by atoms with van der Waals surface area (Å²) in [6.07, 6.45) is 2.83. The van der Waals surface area contributed by atoms with Gasteiger partial charge in [-0.3, -0.25) is 4.68 Å². The fourth-order valence-electron chi connectivity index (χ4n) is 1.85. The van der Waals surface area contributed by atoms with E-state index in [2.05, 4.69) is 17.3 Å². The van der Waals surface area contributed by atoms with E-state index < -0.39 is 0 Å². The molecular weight excluding hydrogens is 244 g/mol. The first-order valence-electron chi connectivity index (χ1n) is 5.80. The van der Waals surface area contributed by atoms with Gasteiger partial charge >= 0.3 is 0 Å². The number of thiocarbonyl (C=S) groups is 1. The Bertz CT molecular complexity index is 574. The first kappa shape index (κ1) is 12.6. The van der Waals surface area contributed by atoms with Crippen molar-refractivity contribution in [2.75, 3.05) is 5.32 Å². The van der Waals surface area contributed by atoms with E-state index in [0.717, 1.165) is 29.1 Å². The first-order valence-corrected chi connectivity index (χ1v) is 6.21. The zero-order valence-electron chi connectivity index (χ0n) is 10.5. The number of hydrogen-bond acceptors (Lipinski definition) is 3. The Balaban J connectivity index is 2.36. The third-order valence-electron chi connectivity index (χ3n) is 2.70. The Labute approximate surface area is 112 Å². The van der Waals surface area contributed by atoms with Crippen LogP contribution in [0.2, 0.25) is 0 Å². The van der Waals surface area contributed by atoms with Crippen molar-refractivity contribution >= 4 is 28.6 Å². The molecule has 0 aliphatic carbocycles. The van der Waals surface area contributed by atoms with Crippen molar-refractivity contribution in [3.8, 4) is 0 Å². The summed E-state index contributed by atoms with van der Waals surface area (Å²) < 4.78 is 1.80. The molecule has 5 heteroatoms. The second-order valence-electron chi connectivity index (χ2n) is 4.05. The molecule has 0 atom stereocenters. The minimum Gasteiger partial charge on any atom is -0.389 e. The molecule has 0 saturated heterocycles. The van der Waals surface area contributed by atoms with E-state index in [1.165, 1.54) is 0 Å². The maximum atomic E-state index is 5.71. The summed E-state index contributed by atoms with van der Waals surface area (Å²) in [5, 5.41) is 7.73. The second-order valence-corrected chi connectivity index (χ2v) is 4.49. The van der Waals surface area contributed by atoms with Crippen molar-refractivity contribution in [3.63, 3.8) is 0 Å². The minimum atomic E-state index is 0.389. The van der Waals surface area contributed by atoms with Gasteiger partial charge in [-0.2, -0.15) is 5.10 Å². The van der Waals surface area contributed by atoms with Crippen LogP contribution in [0.25, 0.3) is 0 Å². The Hall–Kier alpha value is -1.88. The minimum absolute atomic E-state index is 0.389. The zero-order valence-corrected chi connectivity index (χ0v) is 11.3. The molecule has 0 unspecified atom stereocenters. The van der Waals surface area contributed by atoms with Crippen molar-refractivity contribution in [1.29, 1.82) is 0 Å². The summed E-state index contributed by atoms with van der Waals surface area (Å²) in [5.41, 5.74) is 9.48. The number of nitrogens with two attached hydrogens (primary N) is 1. The van der Waals surface area contributed by atoms with Gasteiger partial charge in [0, 0.05) is 24.5 Å². The Kier molecular flexibility index (Phi) is 3.62. The lowest BCUT2D eigenvalue weighted by molar-refractivity contribution is 0.746. The largest absolute Gasteiger partial charge is 0.389 e. The summed E-state index contributed by atoms with van der Waals surface area (Å²) in [4.78, 5) is 0.389. The summed E-state index contributed by atoms with van der Waals surface area (Å²) in [6.45, 7) is 2.08. The number of nitrogens with one attached hydrogen (secondary N) is 1. The Morgan fingerprint density at radius 3 is 2.78 bits per heavy atom. The van der Waals surface area contributed by atoms with Crippen LogP contribution in [0.15, 0.2) is 30.5 Å². The van der Waals surface area contributed by atoms with Crippen LogP contribution in [0.1, 0.15) is 18.2 Å². The first-order chi connectivity index (χ1) is 8.61. The number of benzene rings is 1. The van der Waals surface area contributed by atoms with Gasteiger partial charge in [0.1, 0.15) is 4.99 Å². The number of rotatable bonds is 4. The molecule has 1 aromatic heterocycles. The van der Waals surface area contributed by atoms with Crippen LogP contribution in [-0.4, -0.2) is 14.8 Å². The molecule has 0 amide bonds. The summed E-state index contributed by atoms with van der Waals surface area (Å²) in [7, 11) is 1.91. The smallest absolute Gasteiger partial charge is 0.106 e. The zero-order chi connectivity index (χ0) is 13.1. The molecule has 0 radical (unpaired) electrons. The van der Waals surface area contributed by atoms with Gasteiger partial charge in [-0.25, -0.2) is 0 Å². The molecule has 0 fully saturated rings. The van der Waals surface area contributed by atoms with Crippen molar-refractivity contribution in [1.82, 2.24) is 9.78 Å². The molecular formula is C13H16N4S. The van der Waals surface area contributed by atoms with Gasteiger partial charge in [0.2, 0.25) is 0 Å². The highest BCUT2D eigenvalue weighted by atomic mass is 32.1. The van der Waals surface area contributed by atoms with Crippen LogP contribution in [0.3, 0.4) is 0 Å². The number of hydrogen-bond donors (Lipinski definition) is 2. The average molecular weight is 260 g/mol. The molecule has 0 bridgehead atoms. The highest BCUT2D eigenvalue weighted by Crippen LogP contribution is 2.23. The van der Waals surface area contributed by atoms with Crippen LogP contribution >= 0.6 is 12.2 Å². The van der Waals surface area contributed by atoms with Gasteiger partial charge < -0.3 is 11.1 Å². The Morgan fingerprint density at radius 2 is 2.11 bits per heavy atom. The standard InChI is InChI=1S/C13H16N4S/c1-3-10-12(8-17(2)16-10)15-11-7-5-4-6-9(11)13(14)18/h4-8,15H,3H2,1-2H3,(H2,14,18). The summed E-state index contributed by atoms with van der Waals surface area (Å²) in [5.74, 6) is 0. The van der Waals surface area contributed by atoms with Crippen LogP contribution < -0.4 is 11.1 Å². The van der Waals surface area contributed by atoms with E-state index in [0.29, 0.717) is 4.99 Å². The van der Waals surface area contributed by atoms with Gasteiger partial charge in [0.15, 0.2) is 0 Å². The predicted molar refractivity (Wildman–Crippen MR) is 78.2 cm³/mol. The van der Waals surface area contributed by atoms with Crippen LogP contribution in [0.5, 0.6) is 0 Å². The molecule has 18 heavy (non-hydrogen) atoms. The highest BCUT2D eigenvalue weighted by Gasteiger charge is 2.09. The number of aromatic nitrogens is 2. The molecule has 0 aliphatic heterocycles. The molecule has 94 valence electrons.